The molecule has 0 bridgehead atoms. The van der Waals surface area contributed by atoms with E-state index in [1.807, 2.05) is 29.2 Å². The van der Waals surface area contributed by atoms with Crippen LogP contribution in [0.4, 0.5) is 0 Å². The molecule has 2 rings (SSSR count). The first kappa shape index (κ1) is 15.0. The van der Waals surface area contributed by atoms with Gasteiger partial charge in [0.25, 0.3) is 0 Å². The first-order valence-electron chi connectivity index (χ1n) is 7.14. The van der Waals surface area contributed by atoms with Gasteiger partial charge >= 0.3 is 0 Å². The number of amides is 1. The monoisotopic (exact) mass is 290 g/mol. The SMILES string of the molecule is CC1CCN(C(=O)Cc2ccc(C(N)=S)cc2)CC1C. The summed E-state index contributed by atoms with van der Waals surface area (Å²) in [5.74, 6) is 1.51. The molecule has 0 aromatic heterocycles. The number of carbonyl (C=O) groups is 1. The van der Waals surface area contributed by atoms with Crippen molar-refractivity contribution >= 4 is 23.1 Å². The van der Waals surface area contributed by atoms with E-state index < -0.39 is 0 Å². The maximum absolute atomic E-state index is 12.3. The lowest BCUT2D eigenvalue weighted by Gasteiger charge is -2.35. The van der Waals surface area contributed by atoms with Crippen LogP contribution in [0.3, 0.4) is 0 Å². The van der Waals surface area contributed by atoms with Crippen LogP contribution in [-0.4, -0.2) is 28.9 Å². The Bertz CT molecular complexity index is 498. The van der Waals surface area contributed by atoms with Gasteiger partial charge < -0.3 is 10.6 Å². The lowest BCUT2D eigenvalue weighted by atomic mass is 9.88. The molecule has 2 unspecified atom stereocenters. The summed E-state index contributed by atoms with van der Waals surface area (Å²) in [6.45, 7) is 6.25. The number of benzene rings is 1. The summed E-state index contributed by atoms with van der Waals surface area (Å²) in [6, 6.07) is 7.63. The molecule has 1 fully saturated rings. The topological polar surface area (TPSA) is 46.3 Å². The Kier molecular flexibility index (Phi) is 4.76. The number of carbonyl (C=O) groups excluding carboxylic acids is 1. The largest absolute Gasteiger partial charge is 0.389 e. The van der Waals surface area contributed by atoms with Crippen molar-refractivity contribution in [1.82, 2.24) is 4.90 Å². The van der Waals surface area contributed by atoms with Crippen molar-refractivity contribution in [3.8, 4) is 0 Å². The Morgan fingerprint density at radius 2 is 1.95 bits per heavy atom. The van der Waals surface area contributed by atoms with Crippen molar-refractivity contribution in [1.29, 1.82) is 0 Å². The Morgan fingerprint density at radius 1 is 1.30 bits per heavy atom. The zero-order chi connectivity index (χ0) is 14.7. The van der Waals surface area contributed by atoms with Gasteiger partial charge in [-0.3, -0.25) is 4.79 Å². The number of hydrogen-bond acceptors (Lipinski definition) is 2. The van der Waals surface area contributed by atoms with Gasteiger partial charge in [0.2, 0.25) is 5.91 Å². The predicted molar refractivity (Wildman–Crippen MR) is 85.6 cm³/mol. The molecule has 0 aliphatic carbocycles. The second kappa shape index (κ2) is 6.35. The molecule has 2 atom stereocenters. The van der Waals surface area contributed by atoms with Gasteiger partial charge in [-0.2, -0.15) is 0 Å². The van der Waals surface area contributed by atoms with Crippen LogP contribution in [0.2, 0.25) is 0 Å². The van der Waals surface area contributed by atoms with Crippen molar-refractivity contribution in [2.45, 2.75) is 26.7 Å². The fraction of sp³-hybridized carbons (Fsp3) is 0.500. The van der Waals surface area contributed by atoms with E-state index in [2.05, 4.69) is 13.8 Å². The second-order valence-electron chi connectivity index (χ2n) is 5.82. The highest BCUT2D eigenvalue weighted by atomic mass is 32.1. The van der Waals surface area contributed by atoms with Crippen LogP contribution in [0.5, 0.6) is 0 Å². The highest BCUT2D eigenvalue weighted by Crippen LogP contribution is 2.23. The van der Waals surface area contributed by atoms with Gasteiger partial charge in [0.15, 0.2) is 0 Å². The van der Waals surface area contributed by atoms with E-state index in [0.29, 0.717) is 23.2 Å². The van der Waals surface area contributed by atoms with E-state index in [4.69, 9.17) is 18.0 Å². The summed E-state index contributed by atoms with van der Waals surface area (Å²) >= 11 is 4.92. The van der Waals surface area contributed by atoms with E-state index in [0.717, 1.165) is 30.6 Å². The van der Waals surface area contributed by atoms with Crippen LogP contribution < -0.4 is 5.73 Å². The van der Waals surface area contributed by atoms with E-state index >= 15 is 0 Å². The average molecular weight is 290 g/mol. The average Bonchev–Trinajstić information content (AvgIpc) is 2.42. The standard InChI is InChI=1S/C16H22N2OS/c1-11-7-8-18(10-12(11)2)15(19)9-13-3-5-14(6-4-13)16(17)20/h3-6,11-12H,7-10H2,1-2H3,(H2,17,20). The maximum atomic E-state index is 12.3. The minimum Gasteiger partial charge on any atom is -0.389 e. The lowest BCUT2D eigenvalue weighted by molar-refractivity contribution is -0.132. The fourth-order valence-corrected chi connectivity index (χ4v) is 2.70. The van der Waals surface area contributed by atoms with Gasteiger partial charge in [-0.15, -0.1) is 0 Å². The van der Waals surface area contributed by atoms with Crippen molar-refractivity contribution in [2.75, 3.05) is 13.1 Å². The zero-order valence-electron chi connectivity index (χ0n) is 12.1. The molecule has 0 spiro atoms. The first-order chi connectivity index (χ1) is 9.47. The number of thiocarbonyl (C=S) groups is 1. The highest BCUT2D eigenvalue weighted by molar-refractivity contribution is 7.80. The molecule has 20 heavy (non-hydrogen) atoms. The summed E-state index contributed by atoms with van der Waals surface area (Å²) in [7, 11) is 0. The third-order valence-corrected chi connectivity index (χ3v) is 4.52. The lowest BCUT2D eigenvalue weighted by Crippen LogP contribution is -2.42. The first-order valence-corrected chi connectivity index (χ1v) is 7.54. The van der Waals surface area contributed by atoms with Crippen molar-refractivity contribution in [3.05, 3.63) is 35.4 Å². The van der Waals surface area contributed by atoms with E-state index in [1.54, 1.807) is 0 Å². The van der Waals surface area contributed by atoms with Crippen LogP contribution in [0, 0.1) is 11.8 Å². The molecule has 1 aromatic rings. The molecule has 1 heterocycles. The number of piperidine rings is 1. The molecule has 4 heteroatoms. The Balaban J connectivity index is 1.96. The van der Waals surface area contributed by atoms with Crippen molar-refractivity contribution < 1.29 is 4.79 Å². The number of rotatable bonds is 3. The molecule has 3 nitrogen and oxygen atoms in total. The zero-order valence-corrected chi connectivity index (χ0v) is 13.0. The number of likely N-dealkylation sites (tertiary alicyclic amines) is 1. The van der Waals surface area contributed by atoms with Crippen LogP contribution >= 0.6 is 12.2 Å². The fourth-order valence-electron chi connectivity index (χ4n) is 2.56. The normalized spacial score (nSPS) is 22.6. The molecule has 0 saturated carbocycles. The van der Waals surface area contributed by atoms with Crippen LogP contribution in [-0.2, 0) is 11.2 Å². The maximum Gasteiger partial charge on any atom is 0.226 e. The van der Waals surface area contributed by atoms with Gasteiger partial charge in [0.05, 0.1) is 6.42 Å². The number of hydrogen-bond donors (Lipinski definition) is 1. The van der Waals surface area contributed by atoms with Gasteiger partial charge in [0, 0.05) is 18.7 Å². The Hall–Kier alpha value is -1.42. The molecule has 0 radical (unpaired) electrons. The summed E-state index contributed by atoms with van der Waals surface area (Å²) in [5.41, 5.74) is 7.43. The Morgan fingerprint density at radius 3 is 2.50 bits per heavy atom. The van der Waals surface area contributed by atoms with Crippen molar-refractivity contribution in [2.24, 2.45) is 17.6 Å². The van der Waals surface area contributed by atoms with Crippen LogP contribution in [0.1, 0.15) is 31.4 Å². The van der Waals surface area contributed by atoms with Gasteiger partial charge in [-0.1, -0.05) is 50.3 Å². The molecule has 2 N–H and O–H groups in total. The van der Waals surface area contributed by atoms with E-state index in [9.17, 15) is 4.79 Å². The predicted octanol–water partition coefficient (Wildman–Crippen LogP) is 2.37. The minimum atomic E-state index is 0.215. The summed E-state index contributed by atoms with van der Waals surface area (Å²) in [6.07, 6.45) is 1.56. The van der Waals surface area contributed by atoms with E-state index in [-0.39, 0.29) is 5.91 Å². The van der Waals surface area contributed by atoms with Crippen molar-refractivity contribution in [3.63, 3.8) is 0 Å². The summed E-state index contributed by atoms with van der Waals surface area (Å²) < 4.78 is 0. The highest BCUT2D eigenvalue weighted by Gasteiger charge is 2.25. The summed E-state index contributed by atoms with van der Waals surface area (Å²) in [5, 5.41) is 0. The molecule has 108 valence electrons. The summed E-state index contributed by atoms with van der Waals surface area (Å²) in [4.78, 5) is 14.7. The second-order valence-corrected chi connectivity index (χ2v) is 6.26. The number of nitrogens with two attached hydrogens (primary N) is 1. The quantitative estimate of drug-likeness (QED) is 0.869. The molecule has 1 aliphatic heterocycles. The van der Waals surface area contributed by atoms with E-state index in [1.165, 1.54) is 0 Å². The molecule has 1 aliphatic rings. The smallest absolute Gasteiger partial charge is 0.226 e. The van der Waals surface area contributed by atoms with Gasteiger partial charge in [-0.05, 0) is 23.8 Å². The molecule has 1 aromatic carbocycles. The molecule has 1 amide bonds. The van der Waals surface area contributed by atoms with Gasteiger partial charge in [0.1, 0.15) is 4.99 Å². The van der Waals surface area contributed by atoms with Gasteiger partial charge in [-0.25, -0.2) is 0 Å². The minimum absolute atomic E-state index is 0.215. The number of nitrogens with zero attached hydrogens (tertiary/aromatic N) is 1. The third-order valence-electron chi connectivity index (χ3n) is 4.28. The molecular formula is C16H22N2OS. The third kappa shape index (κ3) is 3.57. The van der Waals surface area contributed by atoms with Crippen LogP contribution in [0.15, 0.2) is 24.3 Å². The van der Waals surface area contributed by atoms with Crippen LogP contribution in [0.25, 0.3) is 0 Å². The molecule has 1 saturated heterocycles. The molecular weight excluding hydrogens is 268 g/mol. The Labute approximate surface area is 126 Å².